The van der Waals surface area contributed by atoms with Crippen molar-refractivity contribution in [1.29, 1.82) is 0 Å². The molecule has 0 bridgehead atoms. The highest BCUT2D eigenvalue weighted by molar-refractivity contribution is 5.95. The van der Waals surface area contributed by atoms with Crippen LogP contribution in [0.5, 0.6) is 0 Å². The number of hydrogen-bond acceptors (Lipinski definition) is 6. The predicted molar refractivity (Wildman–Crippen MR) is 109 cm³/mol. The minimum Gasteiger partial charge on any atom is -0.455 e. The van der Waals surface area contributed by atoms with E-state index >= 15 is 0 Å². The number of hydrogen-bond donors (Lipinski definition) is 1. The molecular formula is C22H17FN4O3. The van der Waals surface area contributed by atoms with Crippen molar-refractivity contribution in [3.05, 3.63) is 100.0 Å². The third-order valence-electron chi connectivity index (χ3n) is 4.37. The van der Waals surface area contributed by atoms with Crippen LogP contribution < -0.4 is 10.9 Å². The SMILES string of the molecule is Cc1ccc2nc(COC(=O)c3cccnc3Nc3ccccc3F)cc(=O)n2c1. The maximum Gasteiger partial charge on any atom is 0.342 e. The highest BCUT2D eigenvalue weighted by atomic mass is 19.1. The number of aryl methyl sites for hydroxylation is 1. The zero-order chi connectivity index (χ0) is 21.1. The molecule has 4 rings (SSSR count). The Labute approximate surface area is 170 Å². The number of esters is 1. The fourth-order valence-electron chi connectivity index (χ4n) is 2.91. The molecule has 0 atom stereocenters. The fourth-order valence-corrected chi connectivity index (χ4v) is 2.91. The second kappa shape index (κ2) is 8.12. The van der Waals surface area contributed by atoms with Gasteiger partial charge in [-0.15, -0.1) is 0 Å². The summed E-state index contributed by atoms with van der Waals surface area (Å²) in [7, 11) is 0. The number of nitrogens with zero attached hydrogens (tertiary/aromatic N) is 3. The number of carbonyl (C=O) groups is 1. The molecule has 0 fully saturated rings. The minimum absolute atomic E-state index is 0.133. The van der Waals surface area contributed by atoms with E-state index in [0.717, 1.165) is 5.56 Å². The number of anilines is 2. The Bertz CT molecular complexity index is 1300. The molecule has 0 aliphatic heterocycles. The first-order chi connectivity index (χ1) is 14.5. The lowest BCUT2D eigenvalue weighted by molar-refractivity contribution is 0.0468. The van der Waals surface area contributed by atoms with Gasteiger partial charge in [0.05, 0.1) is 11.4 Å². The summed E-state index contributed by atoms with van der Waals surface area (Å²) in [6, 6.07) is 14.0. The zero-order valence-electron chi connectivity index (χ0n) is 16.0. The van der Waals surface area contributed by atoms with E-state index in [-0.39, 0.29) is 29.2 Å². The van der Waals surface area contributed by atoms with Crippen molar-refractivity contribution >= 4 is 23.1 Å². The highest BCUT2D eigenvalue weighted by Gasteiger charge is 2.16. The molecule has 3 heterocycles. The van der Waals surface area contributed by atoms with E-state index in [1.54, 1.807) is 30.5 Å². The van der Waals surface area contributed by atoms with Crippen molar-refractivity contribution in [3.63, 3.8) is 0 Å². The molecule has 7 nitrogen and oxygen atoms in total. The van der Waals surface area contributed by atoms with E-state index < -0.39 is 11.8 Å². The van der Waals surface area contributed by atoms with Crippen LogP contribution in [-0.4, -0.2) is 20.3 Å². The Balaban J connectivity index is 1.54. The van der Waals surface area contributed by atoms with Crippen molar-refractivity contribution in [1.82, 2.24) is 14.4 Å². The molecule has 0 amide bonds. The number of carbonyl (C=O) groups excluding carboxylic acids is 1. The molecule has 1 aromatic carbocycles. The molecule has 0 unspecified atom stereocenters. The molecule has 4 aromatic rings. The largest absolute Gasteiger partial charge is 0.455 e. The average molecular weight is 404 g/mol. The van der Waals surface area contributed by atoms with E-state index in [4.69, 9.17) is 4.74 Å². The van der Waals surface area contributed by atoms with Gasteiger partial charge in [0.2, 0.25) is 0 Å². The number of halogens is 1. The van der Waals surface area contributed by atoms with Gasteiger partial charge in [0.15, 0.2) is 0 Å². The topological polar surface area (TPSA) is 85.6 Å². The van der Waals surface area contributed by atoms with Crippen LogP contribution in [0, 0.1) is 12.7 Å². The summed E-state index contributed by atoms with van der Waals surface area (Å²) in [6.07, 6.45) is 3.17. The number of pyridine rings is 2. The molecule has 0 radical (unpaired) electrons. The summed E-state index contributed by atoms with van der Waals surface area (Å²) < 4.78 is 20.7. The number of aromatic nitrogens is 3. The van der Waals surface area contributed by atoms with Gasteiger partial charge in [-0.25, -0.2) is 19.2 Å². The standard InChI is InChI=1S/C22H17FN4O3/c1-14-8-9-19-25-15(11-20(28)27(19)12-14)13-30-22(29)16-5-4-10-24-21(16)26-18-7-3-2-6-17(18)23/h2-12H,13H2,1H3,(H,24,26). The second-order valence-electron chi connectivity index (χ2n) is 6.60. The van der Waals surface area contributed by atoms with E-state index in [1.165, 1.54) is 34.9 Å². The van der Waals surface area contributed by atoms with Gasteiger partial charge >= 0.3 is 5.97 Å². The molecular weight excluding hydrogens is 387 g/mol. The summed E-state index contributed by atoms with van der Waals surface area (Å²) in [5, 5.41) is 2.80. The average Bonchev–Trinajstić information content (AvgIpc) is 2.74. The lowest BCUT2D eigenvalue weighted by Gasteiger charge is -2.11. The molecule has 0 saturated heterocycles. The second-order valence-corrected chi connectivity index (χ2v) is 6.60. The predicted octanol–water partition coefficient (Wildman–Crippen LogP) is 3.64. The van der Waals surface area contributed by atoms with Gasteiger partial charge in [0.25, 0.3) is 5.56 Å². The Morgan fingerprint density at radius 1 is 1.17 bits per heavy atom. The highest BCUT2D eigenvalue weighted by Crippen LogP contribution is 2.21. The molecule has 0 aliphatic rings. The smallest absolute Gasteiger partial charge is 0.342 e. The lowest BCUT2D eigenvalue weighted by Crippen LogP contribution is -2.17. The van der Waals surface area contributed by atoms with Crippen LogP contribution in [0.3, 0.4) is 0 Å². The molecule has 30 heavy (non-hydrogen) atoms. The van der Waals surface area contributed by atoms with Crippen molar-refractivity contribution in [3.8, 4) is 0 Å². The van der Waals surface area contributed by atoms with Crippen LogP contribution in [0.25, 0.3) is 5.65 Å². The van der Waals surface area contributed by atoms with Crippen molar-refractivity contribution < 1.29 is 13.9 Å². The third-order valence-corrected chi connectivity index (χ3v) is 4.37. The molecule has 0 spiro atoms. The van der Waals surface area contributed by atoms with Crippen molar-refractivity contribution in [2.24, 2.45) is 0 Å². The Hall–Kier alpha value is -4.07. The third kappa shape index (κ3) is 4.02. The van der Waals surface area contributed by atoms with Gasteiger partial charge in [-0.05, 0) is 42.8 Å². The van der Waals surface area contributed by atoms with Crippen LogP contribution in [0.1, 0.15) is 21.6 Å². The lowest BCUT2D eigenvalue weighted by atomic mass is 10.2. The number of ether oxygens (including phenoxy) is 1. The van der Waals surface area contributed by atoms with Gasteiger partial charge in [-0.1, -0.05) is 18.2 Å². The fraction of sp³-hybridized carbons (Fsp3) is 0.0909. The van der Waals surface area contributed by atoms with Gasteiger partial charge in [-0.2, -0.15) is 0 Å². The summed E-state index contributed by atoms with van der Waals surface area (Å²) in [6.45, 7) is 1.69. The zero-order valence-corrected chi connectivity index (χ0v) is 16.0. The number of nitrogens with one attached hydrogen (secondary N) is 1. The van der Waals surface area contributed by atoms with Crippen molar-refractivity contribution in [2.75, 3.05) is 5.32 Å². The van der Waals surface area contributed by atoms with Crippen LogP contribution >= 0.6 is 0 Å². The first-order valence-corrected chi connectivity index (χ1v) is 9.14. The van der Waals surface area contributed by atoms with Gasteiger partial charge < -0.3 is 10.1 Å². The number of fused-ring (bicyclic) bond motifs is 1. The maximum absolute atomic E-state index is 13.9. The van der Waals surface area contributed by atoms with Gasteiger partial charge in [0.1, 0.15) is 29.5 Å². The van der Waals surface area contributed by atoms with E-state index in [2.05, 4.69) is 15.3 Å². The van der Waals surface area contributed by atoms with Gasteiger partial charge in [-0.3, -0.25) is 9.20 Å². The molecule has 1 N–H and O–H groups in total. The van der Waals surface area contributed by atoms with Crippen molar-refractivity contribution in [2.45, 2.75) is 13.5 Å². The molecule has 150 valence electrons. The molecule has 3 aromatic heterocycles. The summed E-state index contributed by atoms with van der Waals surface area (Å²) in [5.41, 5.74) is 1.76. The maximum atomic E-state index is 13.9. The number of rotatable bonds is 5. The molecule has 0 saturated carbocycles. The van der Waals surface area contributed by atoms with Crippen LogP contribution in [0.15, 0.2) is 71.8 Å². The first-order valence-electron chi connectivity index (χ1n) is 9.14. The quantitative estimate of drug-likeness (QED) is 0.511. The summed E-state index contributed by atoms with van der Waals surface area (Å²) in [4.78, 5) is 33.3. The monoisotopic (exact) mass is 404 g/mol. The van der Waals surface area contributed by atoms with Crippen LogP contribution in [-0.2, 0) is 11.3 Å². The summed E-state index contributed by atoms with van der Waals surface area (Å²) in [5.74, 6) is -0.985. The van der Waals surface area contributed by atoms with E-state index in [9.17, 15) is 14.0 Å². The Morgan fingerprint density at radius 2 is 2.00 bits per heavy atom. The summed E-state index contributed by atoms with van der Waals surface area (Å²) >= 11 is 0. The van der Waals surface area contributed by atoms with Gasteiger partial charge in [0, 0.05) is 18.5 Å². The number of para-hydroxylation sites is 1. The Morgan fingerprint density at radius 3 is 2.83 bits per heavy atom. The van der Waals surface area contributed by atoms with E-state index in [0.29, 0.717) is 11.3 Å². The molecule has 8 heteroatoms. The van der Waals surface area contributed by atoms with E-state index in [1.807, 2.05) is 13.0 Å². The number of benzene rings is 1. The molecule has 0 aliphatic carbocycles. The minimum atomic E-state index is -0.673. The van der Waals surface area contributed by atoms with Crippen LogP contribution in [0.2, 0.25) is 0 Å². The Kier molecular flexibility index (Phi) is 5.21. The normalized spacial score (nSPS) is 10.7. The van der Waals surface area contributed by atoms with Crippen LogP contribution in [0.4, 0.5) is 15.9 Å². The first kappa shape index (κ1) is 19.3.